The Balaban J connectivity index is 2.51. The lowest BCUT2D eigenvalue weighted by atomic mass is 10.3. The average molecular weight is 266 g/mol. The monoisotopic (exact) mass is 266 g/mol. The maximum absolute atomic E-state index is 11.4. The van der Waals surface area contributed by atoms with E-state index in [1.807, 2.05) is 6.92 Å². The van der Waals surface area contributed by atoms with Gasteiger partial charge in [0.1, 0.15) is 5.82 Å². The van der Waals surface area contributed by atoms with Gasteiger partial charge in [-0.15, -0.1) is 0 Å². The van der Waals surface area contributed by atoms with Crippen LogP contribution in [0.3, 0.4) is 0 Å². The maximum atomic E-state index is 11.4. The molecule has 0 aliphatic heterocycles. The van der Waals surface area contributed by atoms with E-state index in [0.29, 0.717) is 18.8 Å². The highest BCUT2D eigenvalue weighted by molar-refractivity contribution is 5.86. The molecule has 0 saturated carbocycles. The average Bonchev–Trinajstić information content (AvgIpc) is 2.38. The molecule has 1 heterocycles. The first kappa shape index (κ1) is 14.7. The summed E-state index contributed by atoms with van der Waals surface area (Å²) in [5.74, 6) is -0.908. The highest BCUT2D eigenvalue weighted by Gasteiger charge is 2.08. The first-order valence-electron chi connectivity index (χ1n) is 6.05. The molecule has 1 amide bonds. The molecular weight excluding hydrogens is 248 g/mol. The highest BCUT2D eigenvalue weighted by atomic mass is 16.4. The first-order valence-corrected chi connectivity index (χ1v) is 6.05. The lowest BCUT2D eigenvalue weighted by Gasteiger charge is -2.09. The van der Waals surface area contributed by atoms with Crippen molar-refractivity contribution >= 4 is 23.4 Å². The second-order valence-corrected chi connectivity index (χ2v) is 3.97. The fourth-order valence-corrected chi connectivity index (χ4v) is 1.38. The van der Waals surface area contributed by atoms with Crippen LogP contribution in [0, 0.1) is 0 Å². The standard InChI is InChI=1S/C12H18N4O3/c1-2-6-14-10(17)5-7-15-11-8(13)3-4-9(16-11)12(18)19/h3-4H,2,5-7,13H2,1H3,(H,14,17)(H,15,16)(H,18,19). The Bertz CT molecular complexity index is 462. The number of nitrogens with one attached hydrogen (secondary N) is 2. The van der Waals surface area contributed by atoms with Crippen LogP contribution in [0.15, 0.2) is 12.1 Å². The van der Waals surface area contributed by atoms with Crippen molar-refractivity contribution in [1.29, 1.82) is 0 Å². The van der Waals surface area contributed by atoms with Crippen molar-refractivity contribution in [3.8, 4) is 0 Å². The molecule has 7 heteroatoms. The second-order valence-electron chi connectivity index (χ2n) is 3.97. The molecule has 1 aromatic heterocycles. The summed E-state index contributed by atoms with van der Waals surface area (Å²) in [6, 6.07) is 2.80. The summed E-state index contributed by atoms with van der Waals surface area (Å²) in [5, 5.41) is 14.4. The first-order chi connectivity index (χ1) is 9.04. The molecule has 0 radical (unpaired) electrons. The number of rotatable bonds is 7. The van der Waals surface area contributed by atoms with Crippen LogP contribution in [-0.4, -0.2) is 35.1 Å². The molecule has 0 fully saturated rings. The molecule has 0 aliphatic rings. The largest absolute Gasteiger partial charge is 0.477 e. The lowest BCUT2D eigenvalue weighted by molar-refractivity contribution is -0.120. The number of amides is 1. The maximum Gasteiger partial charge on any atom is 0.354 e. The van der Waals surface area contributed by atoms with E-state index >= 15 is 0 Å². The molecule has 5 N–H and O–H groups in total. The number of anilines is 2. The van der Waals surface area contributed by atoms with Crippen LogP contribution in [0.25, 0.3) is 0 Å². The Morgan fingerprint density at radius 3 is 2.74 bits per heavy atom. The molecule has 0 unspecified atom stereocenters. The summed E-state index contributed by atoms with van der Waals surface area (Å²) < 4.78 is 0. The van der Waals surface area contributed by atoms with Crippen LogP contribution >= 0.6 is 0 Å². The van der Waals surface area contributed by atoms with Crippen molar-refractivity contribution < 1.29 is 14.7 Å². The van der Waals surface area contributed by atoms with Gasteiger partial charge in [0.2, 0.25) is 5.91 Å². The van der Waals surface area contributed by atoms with Crippen LogP contribution in [0.5, 0.6) is 0 Å². The van der Waals surface area contributed by atoms with Crippen molar-refractivity contribution in [3.05, 3.63) is 17.8 Å². The SMILES string of the molecule is CCCNC(=O)CCNc1nc(C(=O)O)ccc1N. The topological polar surface area (TPSA) is 117 Å². The summed E-state index contributed by atoms with van der Waals surface area (Å²) in [4.78, 5) is 26.0. The van der Waals surface area contributed by atoms with Gasteiger partial charge >= 0.3 is 5.97 Å². The molecule has 0 spiro atoms. The fourth-order valence-electron chi connectivity index (χ4n) is 1.38. The Morgan fingerprint density at radius 2 is 2.11 bits per heavy atom. The number of aromatic carboxylic acids is 1. The number of carboxylic acid groups (broad SMARTS) is 1. The molecule has 0 aromatic carbocycles. The molecule has 19 heavy (non-hydrogen) atoms. The van der Waals surface area contributed by atoms with Gasteiger partial charge in [0, 0.05) is 19.5 Å². The van der Waals surface area contributed by atoms with Crippen molar-refractivity contribution in [2.45, 2.75) is 19.8 Å². The van der Waals surface area contributed by atoms with E-state index in [1.165, 1.54) is 12.1 Å². The third-order valence-corrected chi connectivity index (χ3v) is 2.36. The molecule has 104 valence electrons. The molecule has 0 bridgehead atoms. The Morgan fingerprint density at radius 1 is 1.37 bits per heavy atom. The number of hydrogen-bond donors (Lipinski definition) is 4. The van der Waals surface area contributed by atoms with Gasteiger partial charge < -0.3 is 21.5 Å². The van der Waals surface area contributed by atoms with E-state index in [2.05, 4.69) is 15.6 Å². The summed E-state index contributed by atoms with van der Waals surface area (Å²) in [5.41, 5.74) is 5.92. The number of aromatic nitrogens is 1. The molecule has 0 atom stereocenters. The van der Waals surface area contributed by atoms with Crippen LogP contribution in [0.4, 0.5) is 11.5 Å². The minimum atomic E-state index is -1.12. The smallest absolute Gasteiger partial charge is 0.354 e. The van der Waals surface area contributed by atoms with Gasteiger partial charge in [-0.2, -0.15) is 0 Å². The van der Waals surface area contributed by atoms with E-state index in [-0.39, 0.29) is 23.8 Å². The van der Waals surface area contributed by atoms with E-state index in [4.69, 9.17) is 10.8 Å². The number of nitrogen functional groups attached to an aromatic ring is 1. The van der Waals surface area contributed by atoms with Crippen LogP contribution in [-0.2, 0) is 4.79 Å². The predicted octanol–water partition coefficient (Wildman–Crippen LogP) is 0.690. The summed E-state index contributed by atoms with van der Waals surface area (Å²) >= 11 is 0. The highest BCUT2D eigenvalue weighted by Crippen LogP contribution is 2.15. The summed E-state index contributed by atoms with van der Waals surface area (Å²) in [6.45, 7) is 2.96. The van der Waals surface area contributed by atoms with Crippen LogP contribution < -0.4 is 16.4 Å². The summed E-state index contributed by atoms with van der Waals surface area (Å²) in [6.07, 6.45) is 1.16. The zero-order chi connectivity index (χ0) is 14.3. The molecule has 7 nitrogen and oxygen atoms in total. The van der Waals surface area contributed by atoms with Gasteiger partial charge in [-0.1, -0.05) is 6.92 Å². The normalized spacial score (nSPS) is 9.95. The minimum absolute atomic E-state index is 0.0673. The van der Waals surface area contributed by atoms with E-state index in [9.17, 15) is 9.59 Å². The third kappa shape index (κ3) is 4.82. The minimum Gasteiger partial charge on any atom is -0.477 e. The molecule has 0 aliphatic carbocycles. The zero-order valence-corrected chi connectivity index (χ0v) is 10.8. The molecule has 1 aromatic rings. The summed E-state index contributed by atoms with van der Waals surface area (Å²) in [7, 11) is 0. The van der Waals surface area contributed by atoms with E-state index in [0.717, 1.165) is 6.42 Å². The zero-order valence-electron chi connectivity index (χ0n) is 10.8. The van der Waals surface area contributed by atoms with E-state index < -0.39 is 5.97 Å². The van der Waals surface area contributed by atoms with Gasteiger partial charge in [-0.25, -0.2) is 9.78 Å². The van der Waals surface area contributed by atoms with Gasteiger partial charge in [0.15, 0.2) is 5.69 Å². The second kappa shape index (κ2) is 7.20. The van der Waals surface area contributed by atoms with Gasteiger partial charge in [0.05, 0.1) is 5.69 Å². The van der Waals surface area contributed by atoms with Crippen molar-refractivity contribution in [2.24, 2.45) is 0 Å². The van der Waals surface area contributed by atoms with Gasteiger partial charge in [-0.05, 0) is 18.6 Å². The van der Waals surface area contributed by atoms with Crippen LogP contribution in [0.1, 0.15) is 30.3 Å². The number of hydrogen-bond acceptors (Lipinski definition) is 5. The number of nitrogens with two attached hydrogens (primary N) is 1. The fraction of sp³-hybridized carbons (Fsp3) is 0.417. The van der Waals surface area contributed by atoms with Crippen molar-refractivity contribution in [1.82, 2.24) is 10.3 Å². The van der Waals surface area contributed by atoms with Crippen molar-refractivity contribution in [3.63, 3.8) is 0 Å². The molecule has 1 rings (SSSR count). The van der Waals surface area contributed by atoms with Gasteiger partial charge in [0.25, 0.3) is 0 Å². The lowest BCUT2D eigenvalue weighted by Crippen LogP contribution is -2.26. The van der Waals surface area contributed by atoms with Crippen LogP contribution in [0.2, 0.25) is 0 Å². The van der Waals surface area contributed by atoms with E-state index in [1.54, 1.807) is 0 Å². The third-order valence-electron chi connectivity index (χ3n) is 2.36. The molecule has 0 saturated heterocycles. The van der Waals surface area contributed by atoms with Crippen molar-refractivity contribution in [2.75, 3.05) is 24.1 Å². The number of nitrogens with zero attached hydrogens (tertiary/aromatic N) is 1. The Hall–Kier alpha value is -2.31. The Labute approximate surface area is 111 Å². The number of pyridine rings is 1. The van der Waals surface area contributed by atoms with Gasteiger partial charge in [-0.3, -0.25) is 4.79 Å². The number of carboxylic acids is 1. The Kier molecular flexibility index (Phi) is 5.59. The number of carbonyl (C=O) groups is 2. The quantitative estimate of drug-likeness (QED) is 0.577. The predicted molar refractivity (Wildman–Crippen MR) is 72.0 cm³/mol. The number of carbonyl (C=O) groups excluding carboxylic acids is 1. The molecular formula is C12H18N4O3.